The summed E-state index contributed by atoms with van der Waals surface area (Å²) in [5, 5.41) is 4.09. The van der Waals surface area contributed by atoms with E-state index in [4.69, 9.17) is 37.7 Å². The highest BCUT2D eigenvalue weighted by molar-refractivity contribution is 6.43. The molecule has 9 nitrogen and oxygen atoms in total. The number of nitrogens with zero attached hydrogens (tertiary/aromatic N) is 4. The first-order valence-electron chi connectivity index (χ1n) is 14.6. The summed E-state index contributed by atoms with van der Waals surface area (Å²) in [5.41, 5.74) is 2.90. The summed E-state index contributed by atoms with van der Waals surface area (Å²) in [5.74, 6) is -0.277. The number of carbonyl (C=O) groups is 2. The zero-order valence-corrected chi connectivity index (χ0v) is 27.6. The molecule has 2 aromatic carbocycles. The molecule has 0 bridgehead atoms. The summed E-state index contributed by atoms with van der Waals surface area (Å²) in [6.07, 6.45) is 0.0597. The van der Waals surface area contributed by atoms with Crippen LogP contribution in [0.4, 0.5) is 14.9 Å². The maximum absolute atomic E-state index is 14.9. The molecule has 45 heavy (non-hydrogen) atoms. The van der Waals surface area contributed by atoms with Gasteiger partial charge < -0.3 is 24.6 Å². The Morgan fingerprint density at radius 3 is 2.58 bits per heavy atom. The number of aryl methyl sites for hydroxylation is 1. The van der Waals surface area contributed by atoms with Crippen LogP contribution in [0.15, 0.2) is 48.5 Å². The van der Waals surface area contributed by atoms with Crippen molar-refractivity contribution in [2.24, 2.45) is 0 Å². The summed E-state index contributed by atoms with van der Waals surface area (Å²) in [7, 11) is 3.17. The maximum Gasteiger partial charge on any atom is 0.410 e. The van der Waals surface area contributed by atoms with Crippen LogP contribution in [0.5, 0.6) is 5.88 Å². The Kier molecular flexibility index (Phi) is 9.19. The fourth-order valence-electron chi connectivity index (χ4n) is 5.49. The number of halogens is 3. The van der Waals surface area contributed by atoms with Crippen LogP contribution < -0.4 is 10.1 Å². The molecule has 0 spiro atoms. The first-order chi connectivity index (χ1) is 21.3. The number of fused-ring (bicyclic) bond motifs is 2. The highest BCUT2D eigenvalue weighted by Crippen LogP contribution is 2.42. The molecule has 5 rings (SSSR count). The molecule has 2 aromatic heterocycles. The molecule has 4 aromatic rings. The largest absolute Gasteiger partial charge is 0.482 e. The van der Waals surface area contributed by atoms with Crippen LogP contribution >= 0.6 is 23.2 Å². The molecule has 1 aliphatic rings. The Morgan fingerprint density at radius 1 is 1.13 bits per heavy atom. The summed E-state index contributed by atoms with van der Waals surface area (Å²) in [6, 6.07) is 13.2. The number of benzene rings is 2. The molecule has 0 saturated heterocycles. The van der Waals surface area contributed by atoms with Gasteiger partial charge in [0.25, 0.3) is 5.91 Å². The number of amides is 2. The molecular weight excluding hydrogens is 620 g/mol. The minimum absolute atomic E-state index is 0.158. The number of imidazole rings is 1. The van der Waals surface area contributed by atoms with E-state index in [-0.39, 0.29) is 30.5 Å². The molecule has 0 saturated carbocycles. The van der Waals surface area contributed by atoms with E-state index in [1.165, 1.54) is 18.1 Å². The van der Waals surface area contributed by atoms with Crippen LogP contribution in [0.1, 0.15) is 54.8 Å². The van der Waals surface area contributed by atoms with Crippen molar-refractivity contribution in [1.82, 2.24) is 19.2 Å². The number of aromatic nitrogens is 2. The molecule has 0 aliphatic carbocycles. The van der Waals surface area contributed by atoms with Crippen LogP contribution in [-0.4, -0.2) is 70.6 Å². The molecule has 1 unspecified atom stereocenters. The maximum atomic E-state index is 14.9. The number of rotatable bonds is 7. The number of pyridine rings is 1. The summed E-state index contributed by atoms with van der Waals surface area (Å²) in [4.78, 5) is 35.7. The van der Waals surface area contributed by atoms with Gasteiger partial charge in [-0.15, -0.1) is 0 Å². The molecule has 0 radical (unpaired) electrons. The Hall–Kier alpha value is -4.02. The molecule has 1 aliphatic heterocycles. The zero-order chi connectivity index (χ0) is 32.6. The second kappa shape index (κ2) is 12.8. The standard InChI is InChI=1S/C33H36Cl2FN5O4/c1-19-18-20(10-13-23(19)36)30-29(38-25-8-7-9-26(44-6)41(25)30)31(42)40(17-16-39(5)32(43)45-33(2,3)4)24-14-15-37-28-21(24)11-12-22(34)27(28)35/h7-13,18,24,37H,14-17H2,1-6H3. The van der Waals surface area contributed by atoms with Crippen LogP contribution in [0.25, 0.3) is 16.9 Å². The molecule has 2 amide bonds. The van der Waals surface area contributed by atoms with E-state index in [9.17, 15) is 14.0 Å². The number of likely N-dealkylation sites (N-methyl/N-ethyl adjacent to an activating group) is 1. The SMILES string of the molecule is COc1cccc2nc(C(=O)N(CCN(C)C(=O)OC(C)(C)C)C3CCNc4c3ccc(Cl)c4Cl)c(-c3ccc(F)c(C)c3)n12. The van der Waals surface area contributed by atoms with Crippen LogP contribution in [0.3, 0.4) is 0 Å². The highest BCUT2D eigenvalue weighted by Gasteiger charge is 2.35. The lowest BCUT2D eigenvalue weighted by Crippen LogP contribution is -2.44. The van der Waals surface area contributed by atoms with E-state index in [0.29, 0.717) is 57.0 Å². The number of carbonyl (C=O) groups excluding carboxylic acids is 2. The van der Waals surface area contributed by atoms with E-state index in [2.05, 4.69) is 5.32 Å². The van der Waals surface area contributed by atoms with Gasteiger partial charge in [0.2, 0.25) is 0 Å². The van der Waals surface area contributed by atoms with Crippen LogP contribution in [-0.2, 0) is 4.74 Å². The number of ether oxygens (including phenoxy) is 2. The third kappa shape index (κ3) is 6.53. The van der Waals surface area contributed by atoms with Crippen molar-refractivity contribution in [3.63, 3.8) is 0 Å². The van der Waals surface area contributed by atoms with Crippen molar-refractivity contribution < 1.29 is 23.5 Å². The molecule has 238 valence electrons. The minimum atomic E-state index is -0.678. The van der Waals surface area contributed by atoms with Crippen molar-refractivity contribution in [3.05, 3.63) is 81.2 Å². The first-order valence-corrected chi connectivity index (χ1v) is 15.3. The summed E-state index contributed by atoms with van der Waals surface area (Å²) < 4.78 is 27.3. The predicted molar refractivity (Wildman–Crippen MR) is 174 cm³/mol. The van der Waals surface area contributed by atoms with E-state index in [0.717, 1.165) is 5.56 Å². The van der Waals surface area contributed by atoms with Gasteiger partial charge in [0.15, 0.2) is 11.6 Å². The van der Waals surface area contributed by atoms with E-state index in [1.807, 2.05) is 6.07 Å². The molecule has 1 atom stereocenters. The van der Waals surface area contributed by atoms with Gasteiger partial charge in [-0.1, -0.05) is 35.3 Å². The van der Waals surface area contributed by atoms with Gasteiger partial charge in [0, 0.05) is 32.2 Å². The number of methoxy groups -OCH3 is 1. The number of hydrogen-bond donors (Lipinski definition) is 1. The topological polar surface area (TPSA) is 88.4 Å². The summed E-state index contributed by atoms with van der Waals surface area (Å²) in [6.45, 7) is 7.94. The van der Waals surface area contributed by atoms with Gasteiger partial charge in [0.05, 0.1) is 34.6 Å². The van der Waals surface area contributed by atoms with Crippen molar-refractivity contribution in [1.29, 1.82) is 0 Å². The Bertz CT molecular complexity index is 1770. The van der Waals surface area contributed by atoms with E-state index < -0.39 is 17.7 Å². The third-order valence-corrected chi connectivity index (χ3v) is 8.48. The molecular formula is C33H36Cl2FN5O4. The van der Waals surface area contributed by atoms with Crippen molar-refractivity contribution in [2.75, 3.05) is 39.1 Å². The zero-order valence-electron chi connectivity index (χ0n) is 26.1. The fraction of sp³-hybridized carbons (Fsp3) is 0.364. The normalized spacial score (nSPS) is 14.5. The molecule has 12 heteroatoms. The lowest BCUT2D eigenvalue weighted by molar-refractivity contribution is 0.0264. The van der Waals surface area contributed by atoms with Crippen LogP contribution in [0.2, 0.25) is 10.0 Å². The van der Waals surface area contributed by atoms with Gasteiger partial charge >= 0.3 is 6.09 Å². The second-order valence-electron chi connectivity index (χ2n) is 12.0. The first kappa shape index (κ1) is 32.4. The summed E-state index contributed by atoms with van der Waals surface area (Å²) >= 11 is 12.9. The number of anilines is 1. The van der Waals surface area contributed by atoms with Crippen molar-refractivity contribution in [2.45, 2.75) is 45.8 Å². The molecule has 3 heterocycles. The van der Waals surface area contributed by atoms with Gasteiger partial charge in [-0.25, -0.2) is 14.2 Å². The minimum Gasteiger partial charge on any atom is -0.482 e. The van der Waals surface area contributed by atoms with E-state index in [1.54, 1.807) is 80.4 Å². The second-order valence-corrected chi connectivity index (χ2v) is 12.8. The smallest absolute Gasteiger partial charge is 0.410 e. The van der Waals surface area contributed by atoms with Gasteiger partial charge in [-0.3, -0.25) is 9.20 Å². The lowest BCUT2D eigenvalue weighted by atomic mass is 9.95. The van der Waals surface area contributed by atoms with Crippen molar-refractivity contribution in [3.8, 4) is 17.1 Å². The average Bonchev–Trinajstić information content (AvgIpc) is 3.39. The third-order valence-electron chi connectivity index (χ3n) is 7.68. The molecule has 0 fully saturated rings. The Balaban J connectivity index is 1.64. The van der Waals surface area contributed by atoms with Gasteiger partial charge in [-0.2, -0.15) is 0 Å². The van der Waals surface area contributed by atoms with Gasteiger partial charge in [-0.05, 0) is 81.6 Å². The van der Waals surface area contributed by atoms with E-state index >= 15 is 0 Å². The lowest BCUT2D eigenvalue weighted by Gasteiger charge is -2.37. The van der Waals surface area contributed by atoms with Crippen LogP contribution in [0, 0.1) is 12.7 Å². The quantitative estimate of drug-likeness (QED) is 0.220. The highest BCUT2D eigenvalue weighted by atomic mass is 35.5. The Morgan fingerprint density at radius 2 is 1.89 bits per heavy atom. The molecule has 1 N–H and O–H groups in total. The monoisotopic (exact) mass is 655 g/mol. The number of nitrogens with one attached hydrogen (secondary N) is 1. The average molecular weight is 657 g/mol. The number of hydrogen-bond acceptors (Lipinski definition) is 6. The fourth-order valence-corrected chi connectivity index (χ4v) is 5.89. The Labute approximate surface area is 271 Å². The van der Waals surface area contributed by atoms with Gasteiger partial charge in [0.1, 0.15) is 17.1 Å². The van der Waals surface area contributed by atoms with Crippen molar-refractivity contribution >= 4 is 46.5 Å². The predicted octanol–water partition coefficient (Wildman–Crippen LogP) is 7.63.